The molecular formula is C10H15ClO2S. The molecule has 14 heavy (non-hydrogen) atoms. The molecule has 0 saturated carbocycles. The monoisotopic (exact) mass is 234 g/mol. The van der Waals surface area contributed by atoms with Crippen LogP contribution in [0.15, 0.2) is 23.8 Å². The average molecular weight is 235 g/mol. The first-order valence-electron chi connectivity index (χ1n) is 4.76. The lowest BCUT2D eigenvalue weighted by molar-refractivity contribution is 0.548. The van der Waals surface area contributed by atoms with Crippen molar-refractivity contribution in [1.29, 1.82) is 0 Å². The Morgan fingerprint density at radius 2 is 2.14 bits per heavy atom. The fourth-order valence-corrected chi connectivity index (χ4v) is 3.28. The van der Waals surface area contributed by atoms with Gasteiger partial charge in [-0.2, -0.15) is 0 Å². The van der Waals surface area contributed by atoms with Gasteiger partial charge in [0.25, 0.3) is 0 Å². The fourth-order valence-electron chi connectivity index (χ4n) is 1.69. The molecule has 1 aliphatic carbocycles. The zero-order valence-electron chi connectivity index (χ0n) is 8.46. The molecule has 0 spiro atoms. The predicted molar refractivity (Wildman–Crippen MR) is 59.9 cm³/mol. The van der Waals surface area contributed by atoms with Crippen LogP contribution in [0, 0.1) is 0 Å². The maximum absolute atomic E-state index is 11.5. The minimum atomic E-state index is -3.54. The van der Waals surface area contributed by atoms with Gasteiger partial charge in [-0.25, -0.2) is 8.42 Å². The van der Waals surface area contributed by atoms with Crippen molar-refractivity contribution >= 4 is 19.7 Å². The smallest absolute Gasteiger partial charge is 0.211 e. The van der Waals surface area contributed by atoms with Gasteiger partial charge in [0.15, 0.2) is 0 Å². The van der Waals surface area contributed by atoms with Crippen molar-refractivity contribution < 1.29 is 8.42 Å². The largest absolute Gasteiger partial charge is 0.242 e. The Balaban J connectivity index is 3.08. The van der Waals surface area contributed by atoms with Crippen molar-refractivity contribution in [3.8, 4) is 0 Å². The summed E-state index contributed by atoms with van der Waals surface area (Å²) in [7, 11) is 1.95. The maximum Gasteiger partial charge on any atom is 0.242 e. The number of halogens is 1. The zero-order chi connectivity index (χ0) is 10.8. The molecule has 0 fully saturated rings. The average Bonchev–Trinajstić information content (AvgIpc) is 2.16. The Labute approximate surface area is 90.1 Å². The van der Waals surface area contributed by atoms with E-state index in [9.17, 15) is 8.42 Å². The van der Waals surface area contributed by atoms with Gasteiger partial charge in [0.1, 0.15) is 4.75 Å². The van der Waals surface area contributed by atoms with Gasteiger partial charge in [-0.15, -0.1) is 0 Å². The highest BCUT2D eigenvalue weighted by Gasteiger charge is 2.39. The number of hydrogen-bond acceptors (Lipinski definition) is 2. The lowest BCUT2D eigenvalue weighted by Crippen LogP contribution is -2.34. The molecule has 0 bridgehead atoms. The van der Waals surface area contributed by atoms with E-state index in [0.29, 0.717) is 12.8 Å². The summed E-state index contributed by atoms with van der Waals surface area (Å²) in [5.41, 5.74) is 1.14. The highest BCUT2D eigenvalue weighted by Crippen LogP contribution is 2.37. The zero-order valence-corrected chi connectivity index (χ0v) is 10.0. The van der Waals surface area contributed by atoms with Gasteiger partial charge >= 0.3 is 0 Å². The van der Waals surface area contributed by atoms with E-state index in [2.05, 4.69) is 0 Å². The Morgan fingerprint density at radius 1 is 1.50 bits per heavy atom. The lowest BCUT2D eigenvalue weighted by Gasteiger charge is -2.29. The summed E-state index contributed by atoms with van der Waals surface area (Å²) >= 11 is 0. The van der Waals surface area contributed by atoms with Crippen LogP contribution in [0.25, 0.3) is 0 Å². The minimum Gasteiger partial charge on any atom is -0.211 e. The third-order valence-corrected chi connectivity index (χ3v) is 5.26. The molecule has 0 aromatic heterocycles. The quantitative estimate of drug-likeness (QED) is 0.704. The topological polar surface area (TPSA) is 34.1 Å². The van der Waals surface area contributed by atoms with E-state index in [1.54, 1.807) is 12.2 Å². The molecule has 1 atom stereocenters. The van der Waals surface area contributed by atoms with Crippen molar-refractivity contribution in [2.24, 2.45) is 0 Å². The Bertz CT molecular complexity index is 368. The van der Waals surface area contributed by atoms with Gasteiger partial charge in [0, 0.05) is 10.7 Å². The standard InChI is InChI=1S/C10H15ClO2S/c1-3-9-6-5-7-10(4-2,8-9)14(11,12)13/h5-7H,3-4,8H2,1-2H3. The molecular weight excluding hydrogens is 220 g/mol. The van der Waals surface area contributed by atoms with Crippen molar-refractivity contribution in [3.63, 3.8) is 0 Å². The van der Waals surface area contributed by atoms with Crippen LogP contribution in [0.2, 0.25) is 0 Å². The molecule has 0 aliphatic heterocycles. The van der Waals surface area contributed by atoms with E-state index in [0.717, 1.165) is 12.0 Å². The van der Waals surface area contributed by atoms with Gasteiger partial charge < -0.3 is 0 Å². The normalized spacial score (nSPS) is 27.5. The van der Waals surface area contributed by atoms with Crippen LogP contribution in [0.5, 0.6) is 0 Å². The second kappa shape index (κ2) is 4.07. The van der Waals surface area contributed by atoms with Crippen molar-refractivity contribution in [2.45, 2.75) is 37.9 Å². The minimum absolute atomic E-state index is 0.521. The maximum atomic E-state index is 11.5. The van der Waals surface area contributed by atoms with Crippen molar-refractivity contribution in [1.82, 2.24) is 0 Å². The molecule has 0 N–H and O–H groups in total. The van der Waals surface area contributed by atoms with E-state index in [4.69, 9.17) is 10.7 Å². The van der Waals surface area contributed by atoms with Gasteiger partial charge in [-0.05, 0) is 19.3 Å². The van der Waals surface area contributed by atoms with Crippen LogP contribution in [-0.4, -0.2) is 13.2 Å². The molecule has 0 heterocycles. The third kappa shape index (κ3) is 2.04. The van der Waals surface area contributed by atoms with Crippen molar-refractivity contribution in [2.75, 3.05) is 0 Å². The van der Waals surface area contributed by atoms with E-state index < -0.39 is 13.8 Å². The van der Waals surface area contributed by atoms with E-state index in [1.165, 1.54) is 0 Å². The summed E-state index contributed by atoms with van der Waals surface area (Å²) in [6.45, 7) is 3.87. The van der Waals surface area contributed by atoms with Gasteiger partial charge in [-0.3, -0.25) is 0 Å². The summed E-state index contributed by atoms with van der Waals surface area (Å²) in [5.74, 6) is 0. The Hall–Kier alpha value is -0.280. The first kappa shape index (κ1) is 11.8. The number of hydrogen-bond donors (Lipinski definition) is 0. The molecule has 2 nitrogen and oxygen atoms in total. The first-order valence-corrected chi connectivity index (χ1v) is 7.07. The van der Waals surface area contributed by atoms with Crippen LogP contribution < -0.4 is 0 Å². The number of allylic oxidation sites excluding steroid dienone is 3. The van der Waals surface area contributed by atoms with Crippen LogP contribution in [-0.2, 0) is 9.05 Å². The SMILES string of the molecule is CCC1=CC=CC(CC)(S(=O)(=O)Cl)C1. The lowest BCUT2D eigenvalue weighted by atomic mass is 9.90. The van der Waals surface area contributed by atoms with E-state index in [1.807, 2.05) is 19.9 Å². The molecule has 80 valence electrons. The van der Waals surface area contributed by atoms with Crippen LogP contribution in [0.3, 0.4) is 0 Å². The molecule has 0 radical (unpaired) electrons. The molecule has 0 aromatic rings. The Kier molecular flexibility index (Phi) is 3.43. The van der Waals surface area contributed by atoms with E-state index >= 15 is 0 Å². The van der Waals surface area contributed by atoms with Gasteiger partial charge in [0.2, 0.25) is 9.05 Å². The van der Waals surface area contributed by atoms with E-state index in [-0.39, 0.29) is 0 Å². The fraction of sp³-hybridized carbons (Fsp3) is 0.600. The summed E-state index contributed by atoms with van der Waals surface area (Å²) in [4.78, 5) is 0. The molecule has 1 unspecified atom stereocenters. The summed E-state index contributed by atoms with van der Waals surface area (Å²) in [6.07, 6.45) is 7.39. The van der Waals surface area contributed by atoms with Gasteiger partial charge in [-0.1, -0.05) is 37.6 Å². The Morgan fingerprint density at radius 3 is 2.57 bits per heavy atom. The highest BCUT2D eigenvalue weighted by molar-refractivity contribution is 8.15. The highest BCUT2D eigenvalue weighted by atomic mass is 35.7. The summed E-state index contributed by atoms with van der Waals surface area (Å²) in [6, 6.07) is 0. The van der Waals surface area contributed by atoms with Crippen molar-refractivity contribution in [3.05, 3.63) is 23.8 Å². The summed E-state index contributed by atoms with van der Waals surface area (Å²) in [5, 5.41) is 0. The van der Waals surface area contributed by atoms with Crippen LogP contribution >= 0.6 is 10.7 Å². The third-order valence-electron chi connectivity index (χ3n) is 2.80. The molecule has 0 aromatic carbocycles. The molecule has 0 amide bonds. The van der Waals surface area contributed by atoms with Crippen LogP contribution in [0.1, 0.15) is 33.1 Å². The molecule has 1 rings (SSSR count). The molecule has 4 heteroatoms. The second-order valence-corrected chi connectivity index (χ2v) is 6.48. The molecule has 0 saturated heterocycles. The summed E-state index contributed by atoms with van der Waals surface area (Å²) < 4.78 is 22.1. The van der Waals surface area contributed by atoms with Crippen LogP contribution in [0.4, 0.5) is 0 Å². The number of rotatable bonds is 3. The predicted octanol–water partition coefficient (Wildman–Crippen LogP) is 3.00. The molecule has 1 aliphatic rings. The van der Waals surface area contributed by atoms with Gasteiger partial charge in [0.05, 0.1) is 0 Å². The first-order chi connectivity index (χ1) is 6.45. The second-order valence-electron chi connectivity index (χ2n) is 3.57.